The second-order valence-corrected chi connectivity index (χ2v) is 8.14. The Bertz CT molecular complexity index is 965. The highest BCUT2D eigenvalue weighted by Gasteiger charge is 2.40. The first-order valence-electron chi connectivity index (χ1n) is 11.0. The van der Waals surface area contributed by atoms with Crippen LogP contribution in [0.1, 0.15) is 44.1 Å². The van der Waals surface area contributed by atoms with Gasteiger partial charge in [-0.3, -0.25) is 4.79 Å². The van der Waals surface area contributed by atoms with Gasteiger partial charge in [-0.1, -0.05) is 50.0 Å². The van der Waals surface area contributed by atoms with E-state index in [2.05, 4.69) is 5.32 Å². The Labute approximate surface area is 182 Å². The molecule has 0 saturated heterocycles. The lowest BCUT2D eigenvalue weighted by Gasteiger charge is -2.23. The number of carbonyl (C=O) groups is 2. The van der Waals surface area contributed by atoms with Crippen LogP contribution in [0.15, 0.2) is 54.3 Å². The van der Waals surface area contributed by atoms with E-state index in [0.29, 0.717) is 11.5 Å². The summed E-state index contributed by atoms with van der Waals surface area (Å²) in [6, 6.07) is 7.61. The molecule has 1 aliphatic heterocycles. The van der Waals surface area contributed by atoms with Crippen molar-refractivity contribution in [3.8, 4) is 5.75 Å². The third kappa shape index (κ3) is 5.13. The van der Waals surface area contributed by atoms with Crippen molar-refractivity contribution in [1.82, 2.24) is 5.32 Å². The van der Waals surface area contributed by atoms with Crippen LogP contribution in [0.3, 0.4) is 0 Å². The number of ether oxygens (including phenoxy) is 2. The molecule has 1 aromatic rings. The number of nitrogens with zero attached hydrogens (tertiary/aromatic N) is 1. The summed E-state index contributed by atoms with van der Waals surface area (Å²) in [5.74, 6) is 0.469. The Balaban J connectivity index is 1.56. The molecule has 162 valence electrons. The number of nitrogens with one attached hydrogen (secondary N) is 1. The number of allylic oxidation sites excluding steroid dienone is 2. The molecule has 1 aromatic carbocycles. The van der Waals surface area contributed by atoms with Crippen LogP contribution in [-0.4, -0.2) is 47.9 Å². The minimum Gasteiger partial charge on any atom is -0.497 e. The molecular formula is C25H29N2O4+. The fraction of sp³-hybridized carbons (Fsp3) is 0.400. The molecule has 1 atom stereocenters. The van der Waals surface area contributed by atoms with Crippen molar-refractivity contribution < 1.29 is 23.6 Å². The number of carbonyl (C=O) groups excluding carboxylic acids is 2. The van der Waals surface area contributed by atoms with Gasteiger partial charge in [-0.05, 0) is 42.7 Å². The van der Waals surface area contributed by atoms with E-state index in [1.54, 1.807) is 13.2 Å². The van der Waals surface area contributed by atoms with Crippen LogP contribution >= 0.6 is 0 Å². The topological polar surface area (TPSA) is 67.6 Å². The van der Waals surface area contributed by atoms with Gasteiger partial charge in [0.25, 0.3) is 5.91 Å². The fourth-order valence-electron chi connectivity index (χ4n) is 4.28. The van der Waals surface area contributed by atoms with E-state index in [1.165, 1.54) is 17.4 Å². The third-order valence-corrected chi connectivity index (χ3v) is 5.89. The van der Waals surface area contributed by atoms with E-state index in [0.717, 1.165) is 31.2 Å². The lowest BCUT2D eigenvalue weighted by molar-refractivity contribution is -0.443. The second kappa shape index (κ2) is 9.77. The molecular weight excluding hydrogens is 392 g/mol. The normalized spacial score (nSPS) is 22.7. The Morgan fingerprint density at radius 2 is 2.03 bits per heavy atom. The summed E-state index contributed by atoms with van der Waals surface area (Å²) >= 11 is 0. The van der Waals surface area contributed by atoms with Gasteiger partial charge in [0.2, 0.25) is 24.1 Å². The van der Waals surface area contributed by atoms with E-state index in [1.807, 2.05) is 48.6 Å². The SMILES string of the molecule is COc1cccc(/C=C2/OC3C=CC=CC3=[N+](CC(=O)NC3CCCCCC3)C2=O)c1. The maximum Gasteiger partial charge on any atom is 0.455 e. The minimum atomic E-state index is -0.398. The molecule has 1 N–H and O–H groups in total. The van der Waals surface area contributed by atoms with E-state index < -0.39 is 6.10 Å². The summed E-state index contributed by atoms with van der Waals surface area (Å²) < 4.78 is 12.8. The number of rotatable bonds is 5. The molecule has 4 rings (SSSR count). The molecule has 6 nitrogen and oxygen atoms in total. The average Bonchev–Trinajstić information content (AvgIpc) is 3.05. The fourth-order valence-corrected chi connectivity index (χ4v) is 4.28. The Kier molecular flexibility index (Phi) is 6.65. The smallest absolute Gasteiger partial charge is 0.455 e. The predicted octanol–water partition coefficient (Wildman–Crippen LogP) is 3.38. The van der Waals surface area contributed by atoms with Crippen LogP contribution in [-0.2, 0) is 14.3 Å². The molecule has 0 spiro atoms. The maximum absolute atomic E-state index is 13.3. The van der Waals surface area contributed by atoms with E-state index in [4.69, 9.17) is 9.47 Å². The molecule has 3 aliphatic rings. The summed E-state index contributed by atoms with van der Waals surface area (Å²) in [6.45, 7) is -0.0157. The van der Waals surface area contributed by atoms with Crippen molar-refractivity contribution in [2.75, 3.05) is 13.7 Å². The van der Waals surface area contributed by atoms with Crippen molar-refractivity contribution in [2.24, 2.45) is 0 Å². The molecule has 2 amide bonds. The monoisotopic (exact) mass is 421 g/mol. The molecule has 1 heterocycles. The van der Waals surface area contributed by atoms with Gasteiger partial charge in [0.05, 0.1) is 7.11 Å². The number of benzene rings is 1. The quantitative estimate of drug-likeness (QED) is 0.450. The number of amides is 2. The Hall–Kier alpha value is -3.15. The minimum absolute atomic E-state index is 0.0157. The first kappa shape index (κ1) is 21.1. The van der Waals surface area contributed by atoms with E-state index >= 15 is 0 Å². The van der Waals surface area contributed by atoms with Gasteiger partial charge in [0.15, 0.2) is 0 Å². The predicted molar refractivity (Wildman–Crippen MR) is 119 cm³/mol. The lowest BCUT2D eigenvalue weighted by Crippen LogP contribution is -2.47. The Morgan fingerprint density at radius 1 is 1.23 bits per heavy atom. The van der Waals surface area contributed by atoms with Crippen LogP contribution in [0.25, 0.3) is 6.08 Å². The van der Waals surface area contributed by atoms with Gasteiger partial charge >= 0.3 is 5.91 Å². The summed E-state index contributed by atoms with van der Waals surface area (Å²) in [4.78, 5) is 26.1. The van der Waals surface area contributed by atoms with Crippen LogP contribution < -0.4 is 10.1 Å². The molecule has 2 aliphatic carbocycles. The number of fused-ring (bicyclic) bond motifs is 1. The zero-order valence-corrected chi connectivity index (χ0v) is 17.9. The largest absolute Gasteiger partial charge is 0.497 e. The van der Waals surface area contributed by atoms with Gasteiger partial charge in [-0.15, -0.1) is 4.58 Å². The number of hydrogen-bond donors (Lipinski definition) is 1. The van der Waals surface area contributed by atoms with Crippen molar-refractivity contribution in [3.63, 3.8) is 0 Å². The van der Waals surface area contributed by atoms with Crippen molar-refractivity contribution >= 4 is 23.6 Å². The maximum atomic E-state index is 13.3. The lowest BCUT2D eigenvalue weighted by atomic mass is 10.1. The van der Waals surface area contributed by atoms with E-state index in [-0.39, 0.29) is 30.2 Å². The molecule has 1 saturated carbocycles. The summed E-state index contributed by atoms with van der Waals surface area (Å²) in [7, 11) is 1.60. The van der Waals surface area contributed by atoms with Crippen molar-refractivity contribution in [1.29, 1.82) is 0 Å². The van der Waals surface area contributed by atoms with Crippen LogP contribution in [0.5, 0.6) is 5.75 Å². The summed E-state index contributed by atoms with van der Waals surface area (Å²) in [5, 5.41) is 3.14. The third-order valence-electron chi connectivity index (χ3n) is 5.89. The molecule has 1 fully saturated rings. The van der Waals surface area contributed by atoms with Crippen LogP contribution in [0.2, 0.25) is 0 Å². The highest BCUT2D eigenvalue weighted by molar-refractivity contribution is 6.06. The molecule has 1 unspecified atom stereocenters. The second-order valence-electron chi connectivity index (χ2n) is 8.14. The van der Waals surface area contributed by atoms with Gasteiger partial charge in [0.1, 0.15) is 5.75 Å². The van der Waals surface area contributed by atoms with Crippen molar-refractivity contribution in [2.45, 2.75) is 50.7 Å². The highest BCUT2D eigenvalue weighted by atomic mass is 16.5. The Morgan fingerprint density at radius 3 is 2.81 bits per heavy atom. The molecule has 31 heavy (non-hydrogen) atoms. The number of methoxy groups -OCH3 is 1. The van der Waals surface area contributed by atoms with Crippen molar-refractivity contribution in [3.05, 3.63) is 59.9 Å². The molecule has 0 aromatic heterocycles. The highest BCUT2D eigenvalue weighted by Crippen LogP contribution is 2.22. The van der Waals surface area contributed by atoms with Crippen LogP contribution in [0, 0.1) is 0 Å². The number of hydrogen-bond acceptors (Lipinski definition) is 4. The zero-order valence-electron chi connectivity index (χ0n) is 17.9. The van der Waals surface area contributed by atoms with Gasteiger partial charge in [0, 0.05) is 12.1 Å². The first-order chi connectivity index (χ1) is 15.1. The standard InChI is InChI=1S/C25H28N2O4/c1-30-20-12-8-9-18(15-20)16-23-25(29)27(21-13-6-7-14-22(21)31-23)17-24(28)26-19-10-4-2-3-5-11-19/h6-9,12-16,19,22H,2-5,10-11,17H2,1H3/p+1/b23-16+. The van der Waals surface area contributed by atoms with E-state index in [9.17, 15) is 9.59 Å². The molecule has 6 heteroatoms. The average molecular weight is 422 g/mol. The van der Waals surface area contributed by atoms with Gasteiger partial charge in [-0.2, -0.15) is 0 Å². The van der Waals surface area contributed by atoms with Crippen LogP contribution in [0.4, 0.5) is 0 Å². The zero-order chi connectivity index (χ0) is 21.6. The van der Waals surface area contributed by atoms with Gasteiger partial charge in [-0.25, -0.2) is 4.79 Å². The summed E-state index contributed by atoms with van der Waals surface area (Å²) in [6.07, 6.45) is 15.5. The summed E-state index contributed by atoms with van der Waals surface area (Å²) in [5.41, 5.74) is 1.48. The molecule has 0 bridgehead atoms. The van der Waals surface area contributed by atoms with Gasteiger partial charge < -0.3 is 14.8 Å². The molecule has 0 radical (unpaired) electrons. The first-order valence-corrected chi connectivity index (χ1v) is 11.0.